The van der Waals surface area contributed by atoms with E-state index in [9.17, 15) is 9.59 Å². The van der Waals surface area contributed by atoms with Crippen molar-refractivity contribution < 1.29 is 19.4 Å². The molecular formula is C13H17NO4. The molecule has 1 rings (SSSR count). The molecule has 0 aliphatic rings. The minimum atomic E-state index is -0.939. The number of carboxylic acids is 1. The van der Waals surface area contributed by atoms with Crippen LogP contribution in [0.2, 0.25) is 0 Å². The summed E-state index contributed by atoms with van der Waals surface area (Å²) in [6.07, 6.45) is -0.0879. The molecule has 0 atom stereocenters. The first-order valence-corrected chi connectivity index (χ1v) is 5.67. The average molecular weight is 251 g/mol. The Morgan fingerprint density at radius 2 is 2.00 bits per heavy atom. The van der Waals surface area contributed by atoms with Gasteiger partial charge >= 0.3 is 5.97 Å². The number of aryl methyl sites for hydroxylation is 2. The molecule has 0 heterocycles. The van der Waals surface area contributed by atoms with Gasteiger partial charge in [0.2, 0.25) is 0 Å². The molecular weight excluding hydrogens is 234 g/mol. The Hall–Kier alpha value is -2.04. The Labute approximate surface area is 106 Å². The zero-order chi connectivity index (χ0) is 13.5. The minimum absolute atomic E-state index is 0.0879. The summed E-state index contributed by atoms with van der Waals surface area (Å²) in [5.74, 6) is -0.633. The van der Waals surface area contributed by atoms with Crippen LogP contribution >= 0.6 is 0 Å². The van der Waals surface area contributed by atoms with Gasteiger partial charge in [-0.3, -0.25) is 9.59 Å². The summed E-state index contributed by atoms with van der Waals surface area (Å²) in [6.45, 7) is 3.97. The molecule has 0 aromatic heterocycles. The van der Waals surface area contributed by atoms with Crippen molar-refractivity contribution in [1.82, 2.24) is 5.32 Å². The van der Waals surface area contributed by atoms with E-state index in [1.165, 1.54) is 0 Å². The van der Waals surface area contributed by atoms with Gasteiger partial charge in [0.15, 0.2) is 6.61 Å². The second-order valence-corrected chi connectivity index (χ2v) is 4.03. The molecule has 0 saturated heterocycles. The van der Waals surface area contributed by atoms with Crippen molar-refractivity contribution in [2.75, 3.05) is 13.2 Å². The second kappa shape index (κ2) is 6.64. The zero-order valence-corrected chi connectivity index (χ0v) is 10.5. The normalized spacial score (nSPS) is 9.89. The first kappa shape index (κ1) is 14.0. The predicted molar refractivity (Wildman–Crippen MR) is 66.7 cm³/mol. The first-order chi connectivity index (χ1) is 8.49. The lowest BCUT2D eigenvalue weighted by molar-refractivity contribution is -0.137. The summed E-state index contributed by atoms with van der Waals surface area (Å²) in [5.41, 5.74) is 2.26. The number of nitrogens with one attached hydrogen (secondary N) is 1. The fourth-order valence-electron chi connectivity index (χ4n) is 1.31. The van der Waals surface area contributed by atoms with Gasteiger partial charge in [-0.15, -0.1) is 0 Å². The Morgan fingerprint density at radius 1 is 1.28 bits per heavy atom. The largest absolute Gasteiger partial charge is 0.484 e. The molecule has 2 N–H and O–H groups in total. The lowest BCUT2D eigenvalue weighted by atomic mass is 10.1. The molecule has 0 bridgehead atoms. The van der Waals surface area contributed by atoms with Crippen molar-refractivity contribution >= 4 is 11.9 Å². The quantitative estimate of drug-likeness (QED) is 0.798. The summed E-state index contributed by atoms with van der Waals surface area (Å²) in [7, 11) is 0. The van der Waals surface area contributed by atoms with E-state index < -0.39 is 5.97 Å². The monoisotopic (exact) mass is 251 g/mol. The number of carboxylic acid groups (broad SMARTS) is 1. The van der Waals surface area contributed by atoms with Crippen molar-refractivity contribution in [3.8, 4) is 5.75 Å². The Balaban J connectivity index is 2.33. The van der Waals surface area contributed by atoms with Crippen molar-refractivity contribution in [1.29, 1.82) is 0 Å². The minimum Gasteiger partial charge on any atom is -0.484 e. The third-order valence-electron chi connectivity index (χ3n) is 2.51. The van der Waals surface area contributed by atoms with E-state index in [-0.39, 0.29) is 25.5 Å². The Morgan fingerprint density at radius 3 is 2.61 bits per heavy atom. The number of amides is 1. The molecule has 5 nitrogen and oxygen atoms in total. The maximum Gasteiger partial charge on any atom is 0.305 e. The molecule has 1 aromatic rings. The summed E-state index contributed by atoms with van der Waals surface area (Å²) >= 11 is 0. The van der Waals surface area contributed by atoms with Gasteiger partial charge in [0.25, 0.3) is 5.91 Å². The van der Waals surface area contributed by atoms with Gasteiger partial charge in [0.05, 0.1) is 6.42 Å². The Kier molecular flexibility index (Phi) is 5.17. The molecule has 5 heteroatoms. The highest BCUT2D eigenvalue weighted by molar-refractivity contribution is 5.78. The molecule has 0 aliphatic heterocycles. The number of carbonyl (C=O) groups is 2. The van der Waals surface area contributed by atoms with Gasteiger partial charge in [0, 0.05) is 6.54 Å². The van der Waals surface area contributed by atoms with Crippen LogP contribution in [0.3, 0.4) is 0 Å². The van der Waals surface area contributed by atoms with Crippen molar-refractivity contribution in [2.45, 2.75) is 20.3 Å². The number of hydrogen-bond acceptors (Lipinski definition) is 3. The van der Waals surface area contributed by atoms with Gasteiger partial charge in [-0.2, -0.15) is 0 Å². The Bertz CT molecular complexity index is 443. The number of aliphatic carboxylic acids is 1. The van der Waals surface area contributed by atoms with Gasteiger partial charge < -0.3 is 15.2 Å². The molecule has 0 fully saturated rings. The van der Waals surface area contributed by atoms with E-state index in [4.69, 9.17) is 9.84 Å². The summed E-state index contributed by atoms with van der Waals surface area (Å²) in [4.78, 5) is 21.6. The third kappa shape index (κ3) is 4.86. The molecule has 18 heavy (non-hydrogen) atoms. The van der Waals surface area contributed by atoms with Crippen molar-refractivity contribution in [3.63, 3.8) is 0 Å². The average Bonchev–Trinajstić information content (AvgIpc) is 2.30. The lowest BCUT2D eigenvalue weighted by Crippen LogP contribution is -2.30. The highest BCUT2D eigenvalue weighted by Gasteiger charge is 2.04. The summed E-state index contributed by atoms with van der Waals surface area (Å²) < 4.78 is 5.30. The number of ether oxygens (including phenoxy) is 1. The van der Waals surface area contributed by atoms with Gasteiger partial charge in [0.1, 0.15) is 5.75 Å². The molecule has 98 valence electrons. The summed E-state index contributed by atoms with van der Waals surface area (Å²) in [6, 6.07) is 5.58. The molecule has 0 saturated carbocycles. The molecule has 1 aromatic carbocycles. The van der Waals surface area contributed by atoms with Crippen LogP contribution in [-0.4, -0.2) is 30.1 Å². The van der Waals surface area contributed by atoms with Crippen LogP contribution in [0.15, 0.2) is 18.2 Å². The third-order valence-corrected chi connectivity index (χ3v) is 2.51. The van der Waals surface area contributed by atoms with E-state index in [2.05, 4.69) is 5.32 Å². The first-order valence-electron chi connectivity index (χ1n) is 5.67. The highest BCUT2D eigenvalue weighted by atomic mass is 16.5. The standard InChI is InChI=1S/C13H17NO4/c1-9-3-4-11(7-10(9)2)18-8-12(15)14-6-5-13(16)17/h3-4,7H,5-6,8H2,1-2H3,(H,14,15)(H,16,17). The molecule has 1 amide bonds. The number of rotatable bonds is 6. The molecule has 0 spiro atoms. The smallest absolute Gasteiger partial charge is 0.305 e. The van der Waals surface area contributed by atoms with E-state index in [0.29, 0.717) is 5.75 Å². The van der Waals surface area contributed by atoms with E-state index >= 15 is 0 Å². The predicted octanol–water partition coefficient (Wildman–Crippen LogP) is 1.27. The number of benzene rings is 1. The summed E-state index contributed by atoms with van der Waals surface area (Å²) in [5, 5.41) is 10.9. The molecule has 0 unspecified atom stereocenters. The maximum atomic E-state index is 11.3. The SMILES string of the molecule is Cc1ccc(OCC(=O)NCCC(=O)O)cc1C. The van der Waals surface area contributed by atoms with Crippen LogP contribution in [0.5, 0.6) is 5.75 Å². The van der Waals surface area contributed by atoms with E-state index in [1.54, 1.807) is 6.07 Å². The van der Waals surface area contributed by atoms with Crippen molar-refractivity contribution in [2.24, 2.45) is 0 Å². The molecule has 0 radical (unpaired) electrons. The fraction of sp³-hybridized carbons (Fsp3) is 0.385. The number of hydrogen-bond donors (Lipinski definition) is 2. The zero-order valence-electron chi connectivity index (χ0n) is 10.5. The topological polar surface area (TPSA) is 75.6 Å². The molecule has 0 aliphatic carbocycles. The van der Waals surface area contributed by atoms with Crippen LogP contribution in [0.25, 0.3) is 0 Å². The fourth-order valence-corrected chi connectivity index (χ4v) is 1.31. The van der Waals surface area contributed by atoms with Crippen LogP contribution in [-0.2, 0) is 9.59 Å². The van der Waals surface area contributed by atoms with Crippen LogP contribution < -0.4 is 10.1 Å². The van der Waals surface area contributed by atoms with Crippen LogP contribution in [0.4, 0.5) is 0 Å². The van der Waals surface area contributed by atoms with Gasteiger partial charge in [-0.25, -0.2) is 0 Å². The highest BCUT2D eigenvalue weighted by Crippen LogP contribution is 2.16. The van der Waals surface area contributed by atoms with Crippen LogP contribution in [0, 0.1) is 13.8 Å². The van der Waals surface area contributed by atoms with Crippen LogP contribution in [0.1, 0.15) is 17.5 Å². The van der Waals surface area contributed by atoms with Gasteiger partial charge in [-0.05, 0) is 37.1 Å². The van der Waals surface area contributed by atoms with Crippen molar-refractivity contribution in [3.05, 3.63) is 29.3 Å². The second-order valence-electron chi connectivity index (χ2n) is 4.03. The van der Waals surface area contributed by atoms with E-state index in [1.807, 2.05) is 26.0 Å². The van der Waals surface area contributed by atoms with Gasteiger partial charge in [-0.1, -0.05) is 6.07 Å². The number of carbonyl (C=O) groups excluding carboxylic acids is 1. The maximum absolute atomic E-state index is 11.3. The van der Waals surface area contributed by atoms with E-state index in [0.717, 1.165) is 11.1 Å². The lowest BCUT2D eigenvalue weighted by Gasteiger charge is -2.08.